The number of allylic oxidation sites excluding steroid dienone is 4. The summed E-state index contributed by atoms with van der Waals surface area (Å²) >= 11 is 0. The minimum atomic E-state index is -0.136. The lowest BCUT2D eigenvalue weighted by molar-refractivity contribution is -0.145. The lowest BCUT2D eigenvalue weighted by Gasteiger charge is -2.03. The molecular weight excluding hydrogens is 310 g/mol. The zero-order valence-corrected chi connectivity index (χ0v) is 15.7. The number of carbonyl (C=O) groups is 1. The van der Waals surface area contributed by atoms with Gasteiger partial charge in [0, 0.05) is 24.4 Å². The number of aromatic nitrogens is 1. The summed E-state index contributed by atoms with van der Waals surface area (Å²) in [6.45, 7) is 2.56. The van der Waals surface area contributed by atoms with Crippen molar-refractivity contribution in [3.8, 4) is 0 Å². The van der Waals surface area contributed by atoms with Crippen LogP contribution in [0.5, 0.6) is 0 Å². The third-order valence-electron chi connectivity index (χ3n) is 3.93. The SMILES string of the molecule is CCCCCC/C=C\CC/C=C\CCCC(=O)OCc1cccnc1. The highest BCUT2D eigenvalue weighted by Gasteiger charge is 2.02. The third-order valence-corrected chi connectivity index (χ3v) is 3.93. The smallest absolute Gasteiger partial charge is 0.306 e. The largest absolute Gasteiger partial charge is 0.461 e. The van der Waals surface area contributed by atoms with Crippen molar-refractivity contribution in [3.63, 3.8) is 0 Å². The van der Waals surface area contributed by atoms with Gasteiger partial charge in [0.25, 0.3) is 0 Å². The van der Waals surface area contributed by atoms with E-state index in [4.69, 9.17) is 4.74 Å². The Morgan fingerprint density at radius 1 is 1.00 bits per heavy atom. The summed E-state index contributed by atoms with van der Waals surface area (Å²) < 4.78 is 5.22. The first-order valence-corrected chi connectivity index (χ1v) is 9.67. The lowest BCUT2D eigenvalue weighted by Crippen LogP contribution is -2.04. The zero-order valence-electron chi connectivity index (χ0n) is 15.7. The maximum Gasteiger partial charge on any atom is 0.306 e. The second-order valence-electron chi connectivity index (χ2n) is 6.28. The van der Waals surface area contributed by atoms with Gasteiger partial charge >= 0.3 is 5.97 Å². The van der Waals surface area contributed by atoms with Gasteiger partial charge in [-0.05, 0) is 44.6 Å². The van der Waals surface area contributed by atoms with Crippen LogP contribution in [0, 0.1) is 0 Å². The van der Waals surface area contributed by atoms with Crippen LogP contribution >= 0.6 is 0 Å². The standard InChI is InChI=1S/C22H33NO2/c1-2-3-4-5-6-7-8-9-10-11-12-13-14-17-22(24)25-20-21-16-15-18-23-19-21/h7-8,11-12,15-16,18-19H,2-6,9-10,13-14,17,20H2,1H3/b8-7-,12-11-. The Hall–Kier alpha value is -1.90. The molecule has 0 aliphatic carbocycles. The van der Waals surface area contributed by atoms with E-state index in [1.165, 1.54) is 32.1 Å². The van der Waals surface area contributed by atoms with Crippen LogP contribution in [-0.2, 0) is 16.1 Å². The maximum atomic E-state index is 11.6. The number of pyridine rings is 1. The van der Waals surface area contributed by atoms with Gasteiger partial charge in [0.05, 0.1) is 0 Å². The van der Waals surface area contributed by atoms with E-state index in [-0.39, 0.29) is 5.97 Å². The van der Waals surface area contributed by atoms with Crippen molar-refractivity contribution in [1.82, 2.24) is 4.98 Å². The number of rotatable bonds is 14. The van der Waals surface area contributed by atoms with Crippen LogP contribution in [0.15, 0.2) is 48.8 Å². The number of ether oxygens (including phenoxy) is 1. The molecule has 138 valence electrons. The molecular formula is C22H33NO2. The average molecular weight is 344 g/mol. The van der Waals surface area contributed by atoms with E-state index in [1.54, 1.807) is 12.4 Å². The van der Waals surface area contributed by atoms with Gasteiger partial charge in [0.1, 0.15) is 6.61 Å². The monoisotopic (exact) mass is 343 g/mol. The van der Waals surface area contributed by atoms with Crippen molar-refractivity contribution in [3.05, 3.63) is 54.4 Å². The first-order chi connectivity index (χ1) is 12.3. The molecule has 3 nitrogen and oxygen atoms in total. The van der Waals surface area contributed by atoms with Gasteiger partial charge in [0.2, 0.25) is 0 Å². The fourth-order valence-corrected chi connectivity index (χ4v) is 2.44. The molecule has 0 atom stereocenters. The van der Waals surface area contributed by atoms with Gasteiger partial charge in [-0.25, -0.2) is 0 Å². The van der Waals surface area contributed by atoms with E-state index in [0.29, 0.717) is 13.0 Å². The van der Waals surface area contributed by atoms with Crippen molar-refractivity contribution in [2.75, 3.05) is 0 Å². The molecule has 1 heterocycles. The summed E-state index contributed by atoms with van der Waals surface area (Å²) in [5, 5.41) is 0. The average Bonchev–Trinajstić information content (AvgIpc) is 2.64. The molecule has 0 aliphatic rings. The van der Waals surface area contributed by atoms with Gasteiger partial charge in [-0.15, -0.1) is 0 Å². The van der Waals surface area contributed by atoms with E-state index in [0.717, 1.165) is 31.2 Å². The normalized spacial score (nSPS) is 11.4. The molecule has 25 heavy (non-hydrogen) atoms. The first-order valence-electron chi connectivity index (χ1n) is 9.67. The van der Waals surface area contributed by atoms with E-state index < -0.39 is 0 Å². The van der Waals surface area contributed by atoms with Crippen molar-refractivity contribution in [2.24, 2.45) is 0 Å². The molecule has 0 saturated heterocycles. The number of esters is 1. The molecule has 0 radical (unpaired) electrons. The molecule has 0 saturated carbocycles. The van der Waals surface area contributed by atoms with Crippen LogP contribution in [0.4, 0.5) is 0 Å². The maximum absolute atomic E-state index is 11.6. The third kappa shape index (κ3) is 13.1. The van der Waals surface area contributed by atoms with Crippen molar-refractivity contribution < 1.29 is 9.53 Å². The van der Waals surface area contributed by atoms with Crippen molar-refractivity contribution in [1.29, 1.82) is 0 Å². The Labute approximate surface area is 153 Å². The van der Waals surface area contributed by atoms with Crippen LogP contribution < -0.4 is 0 Å². The Morgan fingerprint density at radius 2 is 1.72 bits per heavy atom. The number of hydrogen-bond acceptors (Lipinski definition) is 3. The van der Waals surface area contributed by atoms with Crippen LogP contribution in [-0.4, -0.2) is 11.0 Å². The molecule has 0 N–H and O–H groups in total. The predicted molar refractivity (Wildman–Crippen MR) is 104 cm³/mol. The first kappa shape index (κ1) is 21.1. The molecule has 3 heteroatoms. The van der Waals surface area contributed by atoms with Crippen LogP contribution in [0.2, 0.25) is 0 Å². The van der Waals surface area contributed by atoms with Crippen molar-refractivity contribution in [2.45, 2.75) is 77.7 Å². The van der Waals surface area contributed by atoms with Gasteiger partial charge in [-0.1, -0.05) is 56.6 Å². The van der Waals surface area contributed by atoms with Crippen LogP contribution in [0.1, 0.15) is 76.7 Å². The topological polar surface area (TPSA) is 39.2 Å². The molecule has 1 aromatic rings. The molecule has 0 spiro atoms. The summed E-state index contributed by atoms with van der Waals surface area (Å²) in [6.07, 6.45) is 23.4. The zero-order chi connectivity index (χ0) is 18.0. The van der Waals surface area contributed by atoms with E-state index in [9.17, 15) is 4.79 Å². The number of carbonyl (C=O) groups excluding carboxylic acids is 1. The Balaban J connectivity index is 1.92. The molecule has 0 fully saturated rings. The predicted octanol–water partition coefficient (Wildman–Crippen LogP) is 6.16. The van der Waals surface area contributed by atoms with Gasteiger partial charge in [-0.2, -0.15) is 0 Å². The minimum absolute atomic E-state index is 0.136. The fraction of sp³-hybridized carbons (Fsp3) is 0.545. The minimum Gasteiger partial charge on any atom is -0.461 e. The molecule has 0 unspecified atom stereocenters. The van der Waals surface area contributed by atoms with Gasteiger partial charge in [-0.3, -0.25) is 9.78 Å². The second kappa shape index (κ2) is 15.6. The molecule has 1 rings (SSSR count). The van der Waals surface area contributed by atoms with E-state index in [2.05, 4.69) is 36.2 Å². The quantitative estimate of drug-likeness (QED) is 0.231. The number of hydrogen-bond donors (Lipinski definition) is 0. The number of unbranched alkanes of at least 4 members (excludes halogenated alkanes) is 6. The molecule has 0 aromatic carbocycles. The Morgan fingerprint density at radius 3 is 2.40 bits per heavy atom. The molecule has 0 bridgehead atoms. The molecule has 0 aliphatic heterocycles. The molecule has 1 aromatic heterocycles. The second-order valence-corrected chi connectivity index (χ2v) is 6.28. The summed E-state index contributed by atoms with van der Waals surface area (Å²) in [6, 6.07) is 3.75. The Bertz CT molecular complexity index is 494. The summed E-state index contributed by atoms with van der Waals surface area (Å²) in [5.74, 6) is -0.136. The summed E-state index contributed by atoms with van der Waals surface area (Å²) in [4.78, 5) is 15.6. The van der Waals surface area contributed by atoms with Gasteiger partial charge < -0.3 is 4.74 Å². The van der Waals surface area contributed by atoms with Crippen LogP contribution in [0.3, 0.4) is 0 Å². The molecule has 0 amide bonds. The highest BCUT2D eigenvalue weighted by Crippen LogP contribution is 2.05. The van der Waals surface area contributed by atoms with Gasteiger partial charge in [0.15, 0.2) is 0 Å². The van der Waals surface area contributed by atoms with Crippen molar-refractivity contribution >= 4 is 5.97 Å². The van der Waals surface area contributed by atoms with Crippen LogP contribution in [0.25, 0.3) is 0 Å². The highest BCUT2D eigenvalue weighted by molar-refractivity contribution is 5.69. The summed E-state index contributed by atoms with van der Waals surface area (Å²) in [7, 11) is 0. The number of nitrogens with zero attached hydrogens (tertiary/aromatic N) is 1. The van der Waals surface area contributed by atoms with E-state index in [1.807, 2.05) is 12.1 Å². The highest BCUT2D eigenvalue weighted by atomic mass is 16.5. The fourth-order valence-electron chi connectivity index (χ4n) is 2.44. The summed E-state index contributed by atoms with van der Waals surface area (Å²) in [5.41, 5.74) is 0.925. The lowest BCUT2D eigenvalue weighted by atomic mass is 10.1. The Kier molecular flexibility index (Phi) is 13.2. The van der Waals surface area contributed by atoms with E-state index >= 15 is 0 Å².